The third kappa shape index (κ3) is 6.03. The standard InChI is InChI=1S/C26H30FN5O3/c1-30(26(33)23-18-22(32(34)35)11-12-25(23)31-14-5-6-15-31)13-4-2-3-10-21-17-24(29-28-21)19-8-7-9-20(27)16-19/h7-9,11-12,16-18H,2-6,10,13-15H2,1H3,(H,28,29). The van der Waals surface area contributed by atoms with Gasteiger partial charge < -0.3 is 9.80 Å². The van der Waals surface area contributed by atoms with E-state index in [4.69, 9.17) is 0 Å². The summed E-state index contributed by atoms with van der Waals surface area (Å²) in [5.41, 5.74) is 3.55. The van der Waals surface area contributed by atoms with Crippen LogP contribution in [0.1, 0.15) is 48.2 Å². The van der Waals surface area contributed by atoms with E-state index in [1.165, 1.54) is 24.3 Å². The number of nitrogens with one attached hydrogen (secondary N) is 1. The van der Waals surface area contributed by atoms with Gasteiger partial charge >= 0.3 is 0 Å². The van der Waals surface area contributed by atoms with Crippen molar-refractivity contribution in [3.8, 4) is 11.3 Å². The number of hydrogen-bond donors (Lipinski definition) is 1. The summed E-state index contributed by atoms with van der Waals surface area (Å²) in [5.74, 6) is -0.479. The number of rotatable bonds is 10. The molecule has 1 aromatic heterocycles. The van der Waals surface area contributed by atoms with Crippen LogP contribution in [0.3, 0.4) is 0 Å². The molecule has 1 N–H and O–H groups in total. The van der Waals surface area contributed by atoms with Crippen molar-refractivity contribution in [2.75, 3.05) is 31.6 Å². The van der Waals surface area contributed by atoms with Crippen LogP contribution in [0, 0.1) is 15.9 Å². The number of anilines is 1. The first-order valence-electron chi connectivity index (χ1n) is 12.0. The summed E-state index contributed by atoms with van der Waals surface area (Å²) < 4.78 is 13.4. The summed E-state index contributed by atoms with van der Waals surface area (Å²) in [6, 6.07) is 12.9. The van der Waals surface area contributed by atoms with E-state index in [1.807, 2.05) is 12.1 Å². The zero-order valence-electron chi connectivity index (χ0n) is 19.9. The Hall–Kier alpha value is -3.75. The van der Waals surface area contributed by atoms with E-state index >= 15 is 0 Å². The van der Waals surface area contributed by atoms with Crippen LogP contribution in [0.25, 0.3) is 11.3 Å². The second kappa shape index (κ2) is 11.1. The number of aromatic nitrogens is 2. The summed E-state index contributed by atoms with van der Waals surface area (Å²) >= 11 is 0. The Morgan fingerprint density at radius 3 is 2.69 bits per heavy atom. The van der Waals surface area contributed by atoms with Gasteiger partial charge in [-0.2, -0.15) is 5.10 Å². The molecule has 3 aromatic rings. The molecule has 4 rings (SSSR count). The number of benzene rings is 2. The van der Waals surface area contributed by atoms with Gasteiger partial charge in [0.15, 0.2) is 0 Å². The molecule has 1 saturated heterocycles. The smallest absolute Gasteiger partial charge is 0.270 e. The highest BCUT2D eigenvalue weighted by atomic mass is 19.1. The number of amides is 1. The Morgan fingerprint density at radius 1 is 1.14 bits per heavy atom. The molecule has 0 radical (unpaired) electrons. The Bertz CT molecular complexity index is 1190. The number of hydrogen-bond acceptors (Lipinski definition) is 5. The number of carbonyl (C=O) groups is 1. The van der Waals surface area contributed by atoms with E-state index in [0.717, 1.165) is 74.3 Å². The van der Waals surface area contributed by atoms with Crippen LogP contribution < -0.4 is 4.90 Å². The van der Waals surface area contributed by atoms with Crippen molar-refractivity contribution in [1.82, 2.24) is 15.1 Å². The van der Waals surface area contributed by atoms with Gasteiger partial charge in [0, 0.05) is 50.1 Å². The fourth-order valence-corrected chi connectivity index (χ4v) is 4.48. The number of H-pyrrole nitrogens is 1. The van der Waals surface area contributed by atoms with E-state index in [-0.39, 0.29) is 17.4 Å². The molecule has 0 spiro atoms. The number of nitro benzene ring substituents is 1. The van der Waals surface area contributed by atoms with Crippen LogP contribution >= 0.6 is 0 Å². The molecule has 1 aliphatic heterocycles. The predicted octanol–water partition coefficient (Wildman–Crippen LogP) is 5.21. The number of aromatic amines is 1. The fourth-order valence-electron chi connectivity index (χ4n) is 4.48. The molecule has 184 valence electrons. The predicted molar refractivity (Wildman–Crippen MR) is 133 cm³/mol. The maximum Gasteiger partial charge on any atom is 0.270 e. The maximum atomic E-state index is 13.4. The first-order chi connectivity index (χ1) is 16.9. The van der Waals surface area contributed by atoms with Gasteiger partial charge in [0.1, 0.15) is 5.82 Å². The van der Waals surface area contributed by atoms with Crippen LogP contribution in [-0.2, 0) is 6.42 Å². The van der Waals surface area contributed by atoms with Crippen molar-refractivity contribution in [3.05, 3.63) is 75.7 Å². The lowest BCUT2D eigenvalue weighted by atomic mass is 10.1. The van der Waals surface area contributed by atoms with E-state index in [2.05, 4.69) is 15.1 Å². The Morgan fingerprint density at radius 2 is 1.94 bits per heavy atom. The molecule has 1 amide bonds. The van der Waals surface area contributed by atoms with Gasteiger partial charge in [-0.25, -0.2) is 4.39 Å². The minimum atomic E-state index is -0.459. The zero-order chi connectivity index (χ0) is 24.8. The molecule has 0 unspecified atom stereocenters. The molecule has 0 atom stereocenters. The highest BCUT2D eigenvalue weighted by Gasteiger charge is 2.24. The molecule has 0 aliphatic carbocycles. The Balaban J connectivity index is 1.29. The fraction of sp³-hybridized carbons (Fsp3) is 0.385. The molecule has 8 nitrogen and oxygen atoms in total. The number of aryl methyl sites for hydroxylation is 1. The molecule has 9 heteroatoms. The average molecular weight is 480 g/mol. The molecular weight excluding hydrogens is 449 g/mol. The number of carbonyl (C=O) groups excluding carboxylic acids is 1. The lowest BCUT2D eigenvalue weighted by Crippen LogP contribution is -2.30. The van der Waals surface area contributed by atoms with Crippen molar-refractivity contribution in [2.24, 2.45) is 0 Å². The molecule has 0 bridgehead atoms. The first kappa shape index (κ1) is 24.4. The monoisotopic (exact) mass is 479 g/mol. The van der Waals surface area contributed by atoms with E-state index in [0.29, 0.717) is 12.1 Å². The lowest BCUT2D eigenvalue weighted by Gasteiger charge is -2.24. The Kier molecular flexibility index (Phi) is 7.74. The van der Waals surface area contributed by atoms with Gasteiger partial charge in [0.25, 0.3) is 11.6 Å². The molecule has 35 heavy (non-hydrogen) atoms. The van der Waals surface area contributed by atoms with Crippen LogP contribution in [0.15, 0.2) is 48.5 Å². The van der Waals surface area contributed by atoms with E-state index < -0.39 is 4.92 Å². The topological polar surface area (TPSA) is 95.4 Å². The van der Waals surface area contributed by atoms with Gasteiger partial charge in [-0.05, 0) is 56.4 Å². The van der Waals surface area contributed by atoms with Gasteiger partial charge in [-0.15, -0.1) is 0 Å². The third-order valence-corrected chi connectivity index (χ3v) is 6.41. The molecule has 2 heterocycles. The summed E-state index contributed by atoms with van der Waals surface area (Å²) in [4.78, 5) is 27.8. The molecular formula is C26H30FN5O3. The van der Waals surface area contributed by atoms with Crippen LogP contribution in [0.2, 0.25) is 0 Å². The van der Waals surface area contributed by atoms with Crippen molar-refractivity contribution in [3.63, 3.8) is 0 Å². The summed E-state index contributed by atoms with van der Waals surface area (Å²) in [5, 5.41) is 18.6. The number of halogens is 1. The second-order valence-electron chi connectivity index (χ2n) is 8.98. The lowest BCUT2D eigenvalue weighted by molar-refractivity contribution is -0.384. The van der Waals surface area contributed by atoms with Crippen molar-refractivity contribution in [1.29, 1.82) is 0 Å². The van der Waals surface area contributed by atoms with E-state index in [9.17, 15) is 19.3 Å². The summed E-state index contributed by atoms with van der Waals surface area (Å²) in [7, 11) is 1.75. The molecule has 1 aliphatic rings. The van der Waals surface area contributed by atoms with Crippen molar-refractivity contribution in [2.45, 2.75) is 38.5 Å². The SMILES string of the molecule is CN(CCCCCc1cc(-c2cccc(F)c2)n[nH]1)C(=O)c1cc([N+](=O)[O-])ccc1N1CCCC1. The Labute approximate surface area is 203 Å². The average Bonchev–Trinajstić information content (AvgIpc) is 3.55. The third-order valence-electron chi connectivity index (χ3n) is 6.41. The van der Waals surface area contributed by atoms with Gasteiger partial charge in [-0.1, -0.05) is 18.6 Å². The summed E-state index contributed by atoms with van der Waals surface area (Å²) in [6.07, 6.45) is 5.58. The van der Waals surface area contributed by atoms with Crippen LogP contribution in [0.5, 0.6) is 0 Å². The van der Waals surface area contributed by atoms with Gasteiger partial charge in [0.2, 0.25) is 0 Å². The second-order valence-corrected chi connectivity index (χ2v) is 8.98. The highest BCUT2D eigenvalue weighted by molar-refractivity contribution is 6.00. The number of non-ortho nitro benzene ring substituents is 1. The van der Waals surface area contributed by atoms with Crippen LogP contribution in [-0.4, -0.2) is 52.6 Å². The molecule has 1 fully saturated rings. The minimum absolute atomic E-state index is 0.0677. The van der Waals surface area contributed by atoms with Crippen molar-refractivity contribution >= 4 is 17.3 Å². The highest BCUT2D eigenvalue weighted by Crippen LogP contribution is 2.29. The maximum absolute atomic E-state index is 13.4. The minimum Gasteiger partial charge on any atom is -0.371 e. The largest absolute Gasteiger partial charge is 0.371 e. The van der Waals surface area contributed by atoms with Crippen molar-refractivity contribution < 1.29 is 14.1 Å². The molecule has 2 aromatic carbocycles. The number of nitro groups is 1. The zero-order valence-corrected chi connectivity index (χ0v) is 19.9. The first-order valence-corrected chi connectivity index (χ1v) is 12.0. The summed E-state index contributed by atoms with van der Waals surface area (Å²) in [6.45, 7) is 2.28. The molecule has 0 saturated carbocycles. The van der Waals surface area contributed by atoms with Crippen LogP contribution in [0.4, 0.5) is 15.8 Å². The number of unbranched alkanes of at least 4 members (excludes halogenated alkanes) is 2. The normalized spacial score (nSPS) is 13.3. The van der Waals surface area contributed by atoms with Gasteiger partial charge in [0.05, 0.1) is 21.9 Å². The quantitative estimate of drug-likeness (QED) is 0.245. The van der Waals surface area contributed by atoms with E-state index in [1.54, 1.807) is 24.1 Å². The number of nitrogens with zero attached hydrogens (tertiary/aromatic N) is 4. The van der Waals surface area contributed by atoms with Gasteiger partial charge in [-0.3, -0.25) is 20.0 Å².